The highest BCUT2D eigenvalue weighted by Gasteiger charge is 2.32. The van der Waals surface area contributed by atoms with Gasteiger partial charge in [-0.1, -0.05) is 16.8 Å². The molecule has 1 N–H and O–H groups in total. The molecule has 23 heavy (non-hydrogen) atoms. The number of hydrogen-bond acceptors (Lipinski definition) is 6. The molecule has 0 spiro atoms. The Morgan fingerprint density at radius 2 is 2.17 bits per heavy atom. The van der Waals surface area contributed by atoms with E-state index in [-0.39, 0.29) is 16.5 Å². The fraction of sp³-hybridized carbons (Fsp3) is 0.250. The summed E-state index contributed by atoms with van der Waals surface area (Å²) in [6, 6.07) is 5.13. The number of hydrogen-bond donors (Lipinski definition) is 1. The van der Waals surface area contributed by atoms with Crippen LogP contribution in [0.3, 0.4) is 0 Å². The van der Waals surface area contributed by atoms with Crippen molar-refractivity contribution in [2.24, 2.45) is 7.05 Å². The normalized spacial score (nSPS) is 11.3. The summed E-state index contributed by atoms with van der Waals surface area (Å²) >= 11 is 0.846. The Morgan fingerprint density at radius 3 is 2.78 bits per heavy atom. The van der Waals surface area contributed by atoms with Crippen LogP contribution in [0.4, 0.5) is 18.9 Å². The third-order valence-corrected chi connectivity index (χ3v) is 3.55. The first kappa shape index (κ1) is 16.9. The molecule has 0 saturated carbocycles. The number of anilines is 1. The molecule has 7 nitrogen and oxygen atoms in total. The lowest BCUT2D eigenvalue weighted by molar-refractivity contribution is -0.772. The molecule has 1 amide bonds. The Balaban J connectivity index is 2.01. The van der Waals surface area contributed by atoms with Crippen LogP contribution in [-0.4, -0.2) is 23.3 Å². The maximum absolute atomic E-state index is 12.3. The highest BCUT2D eigenvalue weighted by Crippen LogP contribution is 2.30. The third kappa shape index (κ3) is 4.77. The summed E-state index contributed by atoms with van der Waals surface area (Å²) in [4.78, 5) is 11.8. The number of amides is 1. The molecule has 0 aliphatic carbocycles. The maximum Gasteiger partial charge on any atom is 0.573 e. The van der Waals surface area contributed by atoms with E-state index in [4.69, 9.17) is 0 Å². The van der Waals surface area contributed by atoms with Gasteiger partial charge in [-0.05, 0) is 23.9 Å². The van der Waals surface area contributed by atoms with Crippen LogP contribution in [0.5, 0.6) is 11.7 Å². The molecular weight excluding hydrogens is 339 g/mol. The van der Waals surface area contributed by atoms with E-state index in [2.05, 4.69) is 19.8 Å². The topological polar surface area (TPSA) is 91.3 Å². The molecule has 0 fully saturated rings. The van der Waals surface area contributed by atoms with Crippen LogP contribution >= 0.6 is 11.8 Å². The SMILES string of the molecule is C[n+]1noc([O-])c1SCC(=O)Nc1ccccc1OC(F)(F)F. The fourth-order valence-corrected chi connectivity index (χ4v) is 2.28. The number of carbonyl (C=O) groups is 1. The number of benzene rings is 1. The Hall–Kier alpha value is -2.43. The summed E-state index contributed by atoms with van der Waals surface area (Å²) in [7, 11) is 1.46. The molecule has 0 aliphatic rings. The average Bonchev–Trinajstić information content (AvgIpc) is 2.76. The number of nitrogens with zero attached hydrogens (tertiary/aromatic N) is 2. The van der Waals surface area contributed by atoms with Crippen molar-refractivity contribution >= 4 is 23.4 Å². The van der Waals surface area contributed by atoms with Gasteiger partial charge in [-0.25, -0.2) is 0 Å². The van der Waals surface area contributed by atoms with E-state index in [1.807, 2.05) is 0 Å². The van der Waals surface area contributed by atoms with E-state index in [1.165, 1.54) is 25.2 Å². The molecule has 0 bridgehead atoms. The second kappa shape index (κ2) is 6.77. The molecule has 2 rings (SSSR count). The van der Waals surface area contributed by atoms with Crippen LogP contribution in [0.25, 0.3) is 0 Å². The Labute approximate surface area is 132 Å². The smallest absolute Gasteiger partial charge is 0.538 e. The van der Waals surface area contributed by atoms with Gasteiger partial charge in [-0.3, -0.25) is 4.79 Å². The highest BCUT2D eigenvalue weighted by atomic mass is 32.2. The van der Waals surface area contributed by atoms with Gasteiger partial charge in [-0.15, -0.1) is 13.2 Å². The van der Waals surface area contributed by atoms with Gasteiger partial charge < -0.3 is 19.7 Å². The van der Waals surface area contributed by atoms with Crippen LogP contribution < -0.4 is 19.8 Å². The summed E-state index contributed by atoms with van der Waals surface area (Å²) < 4.78 is 46.2. The van der Waals surface area contributed by atoms with Gasteiger partial charge in [-0.2, -0.15) is 0 Å². The number of halogens is 3. The lowest BCUT2D eigenvalue weighted by atomic mass is 10.3. The number of carbonyl (C=O) groups excluding carboxylic acids is 1. The first-order chi connectivity index (χ1) is 10.8. The zero-order valence-corrected chi connectivity index (χ0v) is 12.4. The second-order valence-corrected chi connectivity index (χ2v) is 5.13. The van der Waals surface area contributed by atoms with Crippen LogP contribution in [0.2, 0.25) is 0 Å². The van der Waals surface area contributed by atoms with Crippen molar-refractivity contribution in [3.05, 3.63) is 24.3 Å². The first-order valence-corrected chi connectivity index (χ1v) is 7.05. The molecule has 124 valence electrons. The van der Waals surface area contributed by atoms with Crippen molar-refractivity contribution in [1.82, 2.24) is 5.27 Å². The van der Waals surface area contributed by atoms with Gasteiger partial charge in [0, 0.05) is 0 Å². The van der Waals surface area contributed by atoms with Crippen LogP contribution in [0.1, 0.15) is 0 Å². The van der Waals surface area contributed by atoms with Crippen molar-refractivity contribution in [2.75, 3.05) is 11.1 Å². The molecule has 0 aliphatic heterocycles. The van der Waals surface area contributed by atoms with Crippen LogP contribution in [-0.2, 0) is 11.8 Å². The predicted molar refractivity (Wildman–Crippen MR) is 69.6 cm³/mol. The number of ether oxygens (including phenoxy) is 1. The van der Waals surface area contributed by atoms with Gasteiger partial charge in [0.1, 0.15) is 0 Å². The average molecular weight is 349 g/mol. The molecule has 0 atom stereocenters. The minimum Gasteiger partial charge on any atom is -0.538 e. The Morgan fingerprint density at radius 1 is 1.48 bits per heavy atom. The summed E-state index contributed by atoms with van der Waals surface area (Å²) in [5, 5.41) is 17.0. The highest BCUT2D eigenvalue weighted by molar-refractivity contribution is 7.99. The number of nitrogens with one attached hydrogen (secondary N) is 1. The van der Waals surface area contributed by atoms with Crippen molar-refractivity contribution in [3.8, 4) is 11.7 Å². The molecule has 2 aromatic rings. The van der Waals surface area contributed by atoms with E-state index >= 15 is 0 Å². The number of thioether (sulfide) groups is 1. The minimum absolute atomic E-state index is 0.0972. The molecule has 0 radical (unpaired) electrons. The molecule has 0 saturated heterocycles. The molecule has 1 heterocycles. The van der Waals surface area contributed by atoms with E-state index in [1.54, 1.807) is 0 Å². The molecule has 1 aromatic heterocycles. The largest absolute Gasteiger partial charge is 0.573 e. The van der Waals surface area contributed by atoms with Gasteiger partial charge in [0.25, 0.3) is 5.03 Å². The van der Waals surface area contributed by atoms with Crippen molar-refractivity contribution in [1.29, 1.82) is 0 Å². The Bertz CT molecular complexity index is 686. The fourth-order valence-electron chi connectivity index (χ4n) is 1.56. The molecule has 0 unspecified atom stereocenters. The monoisotopic (exact) mass is 349 g/mol. The van der Waals surface area contributed by atoms with Gasteiger partial charge in [0.05, 0.1) is 16.7 Å². The first-order valence-electron chi connectivity index (χ1n) is 6.06. The van der Waals surface area contributed by atoms with E-state index in [0.29, 0.717) is 0 Å². The van der Waals surface area contributed by atoms with Crippen LogP contribution in [0, 0.1) is 0 Å². The number of alkyl halides is 3. The zero-order valence-electron chi connectivity index (χ0n) is 11.6. The number of rotatable bonds is 5. The van der Waals surface area contributed by atoms with Gasteiger partial charge in [0.15, 0.2) is 18.7 Å². The minimum atomic E-state index is -4.87. The number of aromatic nitrogens is 2. The van der Waals surface area contributed by atoms with Crippen molar-refractivity contribution in [2.45, 2.75) is 11.4 Å². The van der Waals surface area contributed by atoms with E-state index < -0.39 is 24.0 Å². The van der Waals surface area contributed by atoms with Crippen molar-refractivity contribution < 1.29 is 37.0 Å². The molecular formula is C12H10F3N3O4S. The van der Waals surface area contributed by atoms with E-state index in [9.17, 15) is 23.1 Å². The predicted octanol–water partition coefficient (Wildman–Crippen LogP) is 1.20. The number of aryl methyl sites for hydroxylation is 1. The molecule has 11 heteroatoms. The Kier molecular flexibility index (Phi) is 4.98. The van der Waals surface area contributed by atoms with Gasteiger partial charge >= 0.3 is 6.36 Å². The summed E-state index contributed by atoms with van der Waals surface area (Å²) in [6.07, 6.45) is -4.87. The van der Waals surface area contributed by atoms with Crippen LogP contribution in [0.15, 0.2) is 33.8 Å². The lowest BCUT2D eigenvalue weighted by Gasteiger charge is -2.13. The second-order valence-electron chi connectivity index (χ2n) is 4.17. The lowest BCUT2D eigenvalue weighted by Crippen LogP contribution is -2.32. The summed E-state index contributed by atoms with van der Waals surface area (Å²) in [5.74, 6) is -2.07. The number of para-hydroxylation sites is 2. The van der Waals surface area contributed by atoms with E-state index in [0.717, 1.165) is 22.5 Å². The zero-order chi connectivity index (χ0) is 17.0. The van der Waals surface area contributed by atoms with Crippen molar-refractivity contribution in [3.63, 3.8) is 0 Å². The van der Waals surface area contributed by atoms with Gasteiger partial charge in [0.2, 0.25) is 5.91 Å². The quantitative estimate of drug-likeness (QED) is 0.644. The maximum atomic E-state index is 12.3. The summed E-state index contributed by atoms with van der Waals surface area (Å²) in [6.45, 7) is 0. The standard InChI is InChI=1S/C12H10F3N3O4S/c1-18-10(11(20)22-17-18)23-6-9(19)16-7-4-2-3-5-8(7)21-12(13,14)15/h2-5H,6H2,1H3,(H-,16,17,19,20). The third-order valence-electron chi connectivity index (χ3n) is 2.44. The molecule has 1 aromatic carbocycles. The summed E-state index contributed by atoms with van der Waals surface area (Å²) in [5.41, 5.74) is -0.132.